The highest BCUT2D eigenvalue weighted by atomic mass is 35.5. The lowest BCUT2D eigenvalue weighted by atomic mass is 9.87. The molecule has 0 fully saturated rings. The van der Waals surface area contributed by atoms with E-state index in [0.717, 1.165) is 51.7 Å². The number of esters is 1. The molecule has 1 aliphatic rings. The van der Waals surface area contributed by atoms with Crippen LogP contribution < -0.4 is 0 Å². The predicted octanol–water partition coefficient (Wildman–Crippen LogP) is 4.07. The fourth-order valence-corrected chi connectivity index (χ4v) is 2.84. The number of nitrogens with zero attached hydrogens (tertiary/aromatic N) is 1. The van der Waals surface area contributed by atoms with E-state index >= 15 is 0 Å². The Morgan fingerprint density at radius 1 is 1.33 bits per heavy atom. The van der Waals surface area contributed by atoms with Crippen LogP contribution in [0.15, 0.2) is 12.2 Å². The molecule has 0 aliphatic heterocycles. The summed E-state index contributed by atoms with van der Waals surface area (Å²) in [5.41, 5.74) is 0. The van der Waals surface area contributed by atoms with Gasteiger partial charge >= 0.3 is 5.97 Å². The molecule has 0 amide bonds. The number of carbonyl (C=O) groups is 1. The van der Waals surface area contributed by atoms with Gasteiger partial charge in [0.25, 0.3) is 0 Å². The highest BCUT2D eigenvalue weighted by Crippen LogP contribution is 2.30. The minimum absolute atomic E-state index is 0. The lowest BCUT2D eigenvalue weighted by Crippen LogP contribution is -2.30. The predicted molar refractivity (Wildman–Crippen MR) is 90.9 cm³/mol. The Kier molecular flexibility index (Phi) is 11.7. The molecule has 0 radical (unpaired) electrons. The summed E-state index contributed by atoms with van der Waals surface area (Å²) in [6, 6.07) is 0. The number of carbonyl (C=O) groups excluding carboxylic acids is 1. The third-order valence-corrected chi connectivity index (χ3v) is 4.28. The summed E-state index contributed by atoms with van der Waals surface area (Å²) in [6.07, 6.45) is 9.85. The molecule has 4 heteroatoms. The molecule has 0 N–H and O–H groups in total. The molecule has 2 unspecified atom stereocenters. The second kappa shape index (κ2) is 12.0. The molecule has 21 heavy (non-hydrogen) atoms. The second-order valence-corrected chi connectivity index (χ2v) is 5.61. The van der Waals surface area contributed by atoms with Gasteiger partial charge in [-0.1, -0.05) is 45.8 Å². The van der Waals surface area contributed by atoms with Gasteiger partial charge in [0.15, 0.2) is 0 Å². The smallest absolute Gasteiger partial charge is 0.309 e. The molecule has 0 saturated heterocycles. The van der Waals surface area contributed by atoms with Crippen LogP contribution in [0, 0.1) is 11.8 Å². The van der Waals surface area contributed by atoms with Crippen LogP contribution in [0.2, 0.25) is 0 Å². The van der Waals surface area contributed by atoms with Crippen molar-refractivity contribution in [3.8, 4) is 0 Å². The Hall–Kier alpha value is -0.540. The molecule has 3 nitrogen and oxygen atoms in total. The standard InChI is InChI=1S/C17H31NO2.ClH/c1-4-7-12-16(15-10-8-9-11-15)17(19)20-14-13-18(5-2)6-3;/h8,10,15-16H,4-7,9,11-14H2,1-3H3;1H. The zero-order valence-corrected chi connectivity index (χ0v) is 14.7. The van der Waals surface area contributed by atoms with Crippen molar-refractivity contribution in [2.24, 2.45) is 11.8 Å². The van der Waals surface area contributed by atoms with Crippen LogP contribution >= 0.6 is 12.4 Å². The molecule has 0 spiro atoms. The molecule has 1 rings (SSSR count). The maximum Gasteiger partial charge on any atom is 0.309 e. The van der Waals surface area contributed by atoms with Gasteiger partial charge in [-0.2, -0.15) is 0 Å². The van der Waals surface area contributed by atoms with Crippen LogP contribution in [0.3, 0.4) is 0 Å². The molecular formula is C17H32ClNO2. The van der Waals surface area contributed by atoms with Crippen LogP contribution in [0.4, 0.5) is 0 Å². The van der Waals surface area contributed by atoms with Gasteiger partial charge in [0.05, 0.1) is 5.92 Å². The van der Waals surface area contributed by atoms with Crippen molar-refractivity contribution in [3.63, 3.8) is 0 Å². The van der Waals surface area contributed by atoms with Crippen LogP contribution in [0.5, 0.6) is 0 Å². The van der Waals surface area contributed by atoms with Gasteiger partial charge in [0, 0.05) is 6.54 Å². The third-order valence-electron chi connectivity index (χ3n) is 4.28. The van der Waals surface area contributed by atoms with Crippen molar-refractivity contribution in [3.05, 3.63) is 12.2 Å². The molecule has 0 aromatic carbocycles. The molecule has 0 bridgehead atoms. The number of hydrogen-bond acceptors (Lipinski definition) is 3. The number of hydrogen-bond donors (Lipinski definition) is 0. The van der Waals surface area contributed by atoms with Gasteiger partial charge in [-0.05, 0) is 38.3 Å². The number of likely N-dealkylation sites (N-methyl/N-ethyl adjacent to an activating group) is 1. The van der Waals surface area contributed by atoms with Gasteiger partial charge in [0.1, 0.15) is 6.61 Å². The van der Waals surface area contributed by atoms with Gasteiger partial charge < -0.3 is 9.64 Å². The zero-order chi connectivity index (χ0) is 14.8. The molecule has 0 aromatic heterocycles. The summed E-state index contributed by atoms with van der Waals surface area (Å²) < 4.78 is 5.53. The summed E-state index contributed by atoms with van der Waals surface area (Å²) >= 11 is 0. The van der Waals surface area contributed by atoms with E-state index < -0.39 is 0 Å². The Morgan fingerprint density at radius 3 is 2.57 bits per heavy atom. The SMILES string of the molecule is CCCCC(C(=O)OCCN(CC)CC)C1C=CCC1.Cl. The minimum atomic E-state index is 0. The highest BCUT2D eigenvalue weighted by molar-refractivity contribution is 5.85. The van der Waals surface area contributed by atoms with E-state index in [1.165, 1.54) is 0 Å². The fraction of sp³-hybridized carbons (Fsp3) is 0.824. The van der Waals surface area contributed by atoms with Crippen molar-refractivity contribution in [1.29, 1.82) is 0 Å². The monoisotopic (exact) mass is 317 g/mol. The highest BCUT2D eigenvalue weighted by Gasteiger charge is 2.28. The van der Waals surface area contributed by atoms with E-state index in [1.54, 1.807) is 0 Å². The van der Waals surface area contributed by atoms with E-state index in [-0.39, 0.29) is 24.3 Å². The van der Waals surface area contributed by atoms with Crippen molar-refractivity contribution >= 4 is 18.4 Å². The van der Waals surface area contributed by atoms with Gasteiger partial charge in [-0.25, -0.2) is 0 Å². The molecule has 1 aliphatic carbocycles. The summed E-state index contributed by atoms with van der Waals surface area (Å²) in [4.78, 5) is 14.6. The first-order valence-corrected chi connectivity index (χ1v) is 8.28. The number of allylic oxidation sites excluding steroid dienone is 2. The number of ether oxygens (including phenoxy) is 1. The lowest BCUT2D eigenvalue weighted by Gasteiger charge is -2.22. The van der Waals surface area contributed by atoms with Gasteiger partial charge in [0.2, 0.25) is 0 Å². The zero-order valence-electron chi connectivity index (χ0n) is 13.8. The summed E-state index contributed by atoms with van der Waals surface area (Å²) in [5, 5.41) is 0. The van der Waals surface area contributed by atoms with E-state index in [1.807, 2.05) is 0 Å². The normalized spacial score (nSPS) is 18.6. The Morgan fingerprint density at radius 2 is 2.05 bits per heavy atom. The molecule has 124 valence electrons. The maximum absolute atomic E-state index is 12.3. The first-order valence-electron chi connectivity index (χ1n) is 8.28. The Balaban J connectivity index is 0.00000400. The second-order valence-electron chi connectivity index (χ2n) is 5.61. The molecule has 0 aromatic rings. The molecular weight excluding hydrogens is 286 g/mol. The van der Waals surface area contributed by atoms with Crippen molar-refractivity contribution in [2.75, 3.05) is 26.2 Å². The summed E-state index contributed by atoms with van der Waals surface area (Å²) in [6.45, 7) is 9.85. The topological polar surface area (TPSA) is 29.5 Å². The average molecular weight is 318 g/mol. The third kappa shape index (κ3) is 7.32. The Bertz CT molecular complexity index is 303. The average Bonchev–Trinajstić information content (AvgIpc) is 2.98. The van der Waals surface area contributed by atoms with Crippen LogP contribution in [0.1, 0.15) is 52.9 Å². The minimum Gasteiger partial charge on any atom is -0.464 e. The van der Waals surface area contributed by atoms with Crippen LogP contribution in [0.25, 0.3) is 0 Å². The molecule has 0 saturated carbocycles. The lowest BCUT2D eigenvalue weighted by molar-refractivity contribution is -0.150. The van der Waals surface area contributed by atoms with Crippen LogP contribution in [-0.4, -0.2) is 37.1 Å². The van der Waals surface area contributed by atoms with Crippen molar-refractivity contribution in [2.45, 2.75) is 52.9 Å². The summed E-state index contributed by atoms with van der Waals surface area (Å²) in [7, 11) is 0. The van der Waals surface area contributed by atoms with E-state index in [2.05, 4.69) is 37.8 Å². The van der Waals surface area contributed by atoms with Gasteiger partial charge in [-0.15, -0.1) is 12.4 Å². The molecule has 2 atom stereocenters. The van der Waals surface area contributed by atoms with Gasteiger partial charge in [-0.3, -0.25) is 4.79 Å². The van der Waals surface area contributed by atoms with E-state index in [9.17, 15) is 4.79 Å². The first-order chi connectivity index (χ1) is 9.72. The number of unbranched alkanes of at least 4 members (excludes halogenated alkanes) is 1. The number of halogens is 1. The van der Waals surface area contributed by atoms with Crippen LogP contribution in [-0.2, 0) is 9.53 Å². The molecule has 0 heterocycles. The quantitative estimate of drug-likeness (QED) is 0.449. The van der Waals surface area contributed by atoms with E-state index in [4.69, 9.17) is 4.74 Å². The Labute approximate surface area is 136 Å². The fourth-order valence-electron chi connectivity index (χ4n) is 2.84. The maximum atomic E-state index is 12.3. The summed E-state index contributed by atoms with van der Waals surface area (Å²) in [5.74, 6) is 0.495. The van der Waals surface area contributed by atoms with E-state index in [0.29, 0.717) is 12.5 Å². The number of rotatable bonds is 10. The van der Waals surface area contributed by atoms with Crippen molar-refractivity contribution < 1.29 is 9.53 Å². The first kappa shape index (κ1) is 20.5. The van der Waals surface area contributed by atoms with Crippen molar-refractivity contribution in [1.82, 2.24) is 4.90 Å². The largest absolute Gasteiger partial charge is 0.464 e.